The zero-order valence-corrected chi connectivity index (χ0v) is 16.3. The van der Waals surface area contributed by atoms with Gasteiger partial charge < -0.3 is 9.64 Å². The topological polar surface area (TPSA) is 106 Å². The van der Waals surface area contributed by atoms with E-state index in [1.54, 1.807) is 18.1 Å². The number of sulfonamides is 1. The summed E-state index contributed by atoms with van der Waals surface area (Å²) in [5.41, 5.74) is 1.00. The molecular weight excluding hydrogens is 384 g/mol. The normalized spacial score (nSPS) is 15.3. The number of nitrogens with zero attached hydrogens (tertiary/aromatic N) is 4. The van der Waals surface area contributed by atoms with E-state index in [1.807, 2.05) is 18.2 Å². The Morgan fingerprint density at radius 3 is 2.64 bits per heavy atom. The summed E-state index contributed by atoms with van der Waals surface area (Å²) in [7, 11) is -2.06. The molecule has 10 heteroatoms. The Morgan fingerprint density at radius 1 is 1.25 bits per heavy atom. The van der Waals surface area contributed by atoms with Crippen molar-refractivity contribution in [3.05, 3.63) is 58.4 Å². The zero-order chi connectivity index (χ0) is 20.1. The molecule has 0 atom stereocenters. The standard InChI is InChI=1S/C18H22N4O5S/c1-20(9-7-15-4-2-3-8-19-15)17-6-5-16(14-18(17)22(23)24)28(25,26)21-10-12-27-13-11-21/h2-6,8,14H,7,9-13H2,1H3. The molecule has 0 aliphatic carbocycles. The third kappa shape index (κ3) is 4.46. The molecule has 150 valence electrons. The number of aromatic nitrogens is 1. The largest absolute Gasteiger partial charge is 0.379 e. The van der Waals surface area contributed by atoms with Crippen LogP contribution in [-0.2, 0) is 21.2 Å². The van der Waals surface area contributed by atoms with Crippen molar-refractivity contribution in [2.24, 2.45) is 0 Å². The molecule has 1 saturated heterocycles. The van der Waals surface area contributed by atoms with Gasteiger partial charge in [0.05, 0.1) is 23.0 Å². The van der Waals surface area contributed by atoms with E-state index < -0.39 is 14.9 Å². The molecule has 2 aromatic rings. The fourth-order valence-electron chi connectivity index (χ4n) is 3.02. The Bertz CT molecular complexity index is 930. The van der Waals surface area contributed by atoms with Crippen molar-refractivity contribution in [1.82, 2.24) is 9.29 Å². The molecule has 1 aliphatic heterocycles. The van der Waals surface area contributed by atoms with Crippen LogP contribution in [0.15, 0.2) is 47.5 Å². The number of hydrogen-bond donors (Lipinski definition) is 0. The van der Waals surface area contributed by atoms with E-state index >= 15 is 0 Å². The Labute approximate surface area is 163 Å². The molecular formula is C18H22N4O5S. The highest BCUT2D eigenvalue weighted by Crippen LogP contribution is 2.31. The van der Waals surface area contributed by atoms with Crippen LogP contribution in [0.2, 0.25) is 0 Å². The fourth-order valence-corrected chi connectivity index (χ4v) is 4.45. The molecule has 0 N–H and O–H groups in total. The maximum Gasteiger partial charge on any atom is 0.293 e. The number of nitro benzene ring substituents is 1. The second kappa shape index (κ2) is 8.63. The lowest BCUT2D eigenvalue weighted by Crippen LogP contribution is -2.40. The summed E-state index contributed by atoms with van der Waals surface area (Å²) in [5.74, 6) is 0. The average molecular weight is 406 g/mol. The van der Waals surface area contributed by atoms with E-state index in [0.717, 1.165) is 11.8 Å². The van der Waals surface area contributed by atoms with Crippen LogP contribution < -0.4 is 4.90 Å². The average Bonchev–Trinajstić information content (AvgIpc) is 2.73. The first-order chi connectivity index (χ1) is 13.4. The Morgan fingerprint density at radius 2 is 2.00 bits per heavy atom. The second-order valence-corrected chi connectivity index (χ2v) is 8.35. The van der Waals surface area contributed by atoms with Crippen molar-refractivity contribution < 1.29 is 18.1 Å². The molecule has 1 aromatic carbocycles. The van der Waals surface area contributed by atoms with Crippen LogP contribution in [0.1, 0.15) is 5.69 Å². The Balaban J connectivity index is 1.83. The third-order valence-corrected chi connectivity index (χ3v) is 6.49. The van der Waals surface area contributed by atoms with Crippen LogP contribution in [0, 0.1) is 10.1 Å². The van der Waals surface area contributed by atoms with Gasteiger partial charge in [-0.05, 0) is 24.3 Å². The molecule has 0 amide bonds. The van der Waals surface area contributed by atoms with Gasteiger partial charge in [0.1, 0.15) is 5.69 Å². The van der Waals surface area contributed by atoms with Gasteiger partial charge in [-0.25, -0.2) is 8.42 Å². The molecule has 9 nitrogen and oxygen atoms in total. The number of ether oxygens (including phenoxy) is 1. The highest BCUT2D eigenvalue weighted by Gasteiger charge is 2.29. The van der Waals surface area contributed by atoms with Crippen LogP contribution in [0.4, 0.5) is 11.4 Å². The van der Waals surface area contributed by atoms with Crippen molar-refractivity contribution in [2.45, 2.75) is 11.3 Å². The number of hydrogen-bond acceptors (Lipinski definition) is 7. The molecule has 1 aromatic heterocycles. The van der Waals surface area contributed by atoms with Gasteiger partial charge in [0.2, 0.25) is 10.0 Å². The maximum atomic E-state index is 12.8. The summed E-state index contributed by atoms with van der Waals surface area (Å²) in [6.07, 6.45) is 2.31. The predicted octanol–water partition coefficient (Wildman–Crippen LogP) is 1.69. The Hall–Kier alpha value is -2.56. The van der Waals surface area contributed by atoms with E-state index in [0.29, 0.717) is 31.9 Å². The van der Waals surface area contributed by atoms with E-state index in [2.05, 4.69) is 4.98 Å². The number of likely N-dealkylation sites (N-methyl/N-ethyl adjacent to an activating group) is 1. The minimum atomic E-state index is -3.80. The van der Waals surface area contributed by atoms with Gasteiger partial charge in [0.25, 0.3) is 5.69 Å². The zero-order valence-electron chi connectivity index (χ0n) is 15.5. The first kappa shape index (κ1) is 20.2. The van der Waals surface area contributed by atoms with Crippen LogP contribution in [0.25, 0.3) is 0 Å². The van der Waals surface area contributed by atoms with Gasteiger partial charge in [-0.2, -0.15) is 4.31 Å². The van der Waals surface area contributed by atoms with Gasteiger partial charge in [0, 0.05) is 51.1 Å². The van der Waals surface area contributed by atoms with Crippen LogP contribution in [-0.4, -0.2) is 62.5 Å². The monoisotopic (exact) mass is 406 g/mol. The molecule has 0 saturated carbocycles. The molecule has 0 bridgehead atoms. The molecule has 0 radical (unpaired) electrons. The van der Waals surface area contributed by atoms with Gasteiger partial charge in [-0.15, -0.1) is 0 Å². The minimum absolute atomic E-state index is 0.0806. The summed E-state index contributed by atoms with van der Waals surface area (Å²) in [6, 6.07) is 9.65. The third-order valence-electron chi connectivity index (χ3n) is 4.59. The number of morpholine rings is 1. The van der Waals surface area contributed by atoms with E-state index in [9.17, 15) is 18.5 Å². The molecule has 3 rings (SSSR count). The quantitative estimate of drug-likeness (QED) is 0.509. The highest BCUT2D eigenvalue weighted by molar-refractivity contribution is 7.89. The number of rotatable bonds is 7. The van der Waals surface area contributed by atoms with Crippen molar-refractivity contribution >= 4 is 21.4 Å². The van der Waals surface area contributed by atoms with E-state index in [-0.39, 0.29) is 23.7 Å². The lowest BCUT2D eigenvalue weighted by atomic mass is 10.2. The fraction of sp³-hybridized carbons (Fsp3) is 0.389. The summed E-state index contributed by atoms with van der Waals surface area (Å²) in [4.78, 5) is 16.9. The molecule has 0 unspecified atom stereocenters. The molecule has 0 spiro atoms. The lowest BCUT2D eigenvalue weighted by molar-refractivity contribution is -0.384. The molecule has 28 heavy (non-hydrogen) atoms. The van der Waals surface area contributed by atoms with Crippen molar-refractivity contribution in [2.75, 3.05) is 44.8 Å². The summed E-state index contributed by atoms with van der Waals surface area (Å²) in [6.45, 7) is 1.61. The lowest BCUT2D eigenvalue weighted by Gasteiger charge is -2.26. The highest BCUT2D eigenvalue weighted by atomic mass is 32.2. The molecule has 1 aliphatic rings. The number of nitro groups is 1. The minimum Gasteiger partial charge on any atom is -0.379 e. The van der Waals surface area contributed by atoms with Crippen molar-refractivity contribution in [1.29, 1.82) is 0 Å². The number of benzene rings is 1. The summed E-state index contributed by atoms with van der Waals surface area (Å²) < 4.78 is 32.0. The van der Waals surface area contributed by atoms with Gasteiger partial charge >= 0.3 is 0 Å². The van der Waals surface area contributed by atoms with Crippen LogP contribution in [0.3, 0.4) is 0 Å². The smallest absolute Gasteiger partial charge is 0.293 e. The number of anilines is 1. The summed E-state index contributed by atoms with van der Waals surface area (Å²) in [5, 5.41) is 11.6. The maximum absolute atomic E-state index is 12.8. The number of pyridine rings is 1. The van der Waals surface area contributed by atoms with E-state index in [1.165, 1.54) is 16.4 Å². The van der Waals surface area contributed by atoms with Crippen LogP contribution >= 0.6 is 0 Å². The Kier molecular flexibility index (Phi) is 6.22. The van der Waals surface area contributed by atoms with Gasteiger partial charge in [-0.3, -0.25) is 15.1 Å². The first-order valence-corrected chi connectivity index (χ1v) is 10.3. The summed E-state index contributed by atoms with van der Waals surface area (Å²) >= 11 is 0. The van der Waals surface area contributed by atoms with Crippen molar-refractivity contribution in [3.63, 3.8) is 0 Å². The SMILES string of the molecule is CN(CCc1ccccn1)c1ccc(S(=O)(=O)N2CCOCC2)cc1[N+](=O)[O-]. The van der Waals surface area contributed by atoms with Crippen LogP contribution in [0.5, 0.6) is 0 Å². The van der Waals surface area contributed by atoms with Gasteiger partial charge in [0.15, 0.2) is 0 Å². The first-order valence-electron chi connectivity index (χ1n) is 8.87. The van der Waals surface area contributed by atoms with Crippen molar-refractivity contribution in [3.8, 4) is 0 Å². The molecule has 2 heterocycles. The predicted molar refractivity (Wildman–Crippen MR) is 104 cm³/mol. The van der Waals surface area contributed by atoms with Gasteiger partial charge in [-0.1, -0.05) is 6.07 Å². The second-order valence-electron chi connectivity index (χ2n) is 6.42. The van der Waals surface area contributed by atoms with E-state index in [4.69, 9.17) is 4.74 Å². The molecule has 1 fully saturated rings.